The van der Waals surface area contributed by atoms with Crippen LogP contribution in [0.1, 0.15) is 31.1 Å². The van der Waals surface area contributed by atoms with Gasteiger partial charge in [0.1, 0.15) is 11.6 Å². The van der Waals surface area contributed by atoms with Crippen molar-refractivity contribution < 1.29 is 19.2 Å². The molecule has 1 aromatic rings. The molecule has 5 nitrogen and oxygen atoms in total. The molecule has 1 atom stereocenters. The number of halogens is 2. The Morgan fingerprint density at radius 3 is 2.74 bits per heavy atom. The lowest BCUT2D eigenvalue weighted by Crippen LogP contribution is -2.11. The number of hydrogen-bond donors (Lipinski definition) is 1. The van der Waals surface area contributed by atoms with Gasteiger partial charge in [-0.05, 0) is 19.9 Å². The van der Waals surface area contributed by atoms with Crippen molar-refractivity contribution in [3.05, 3.63) is 38.1 Å². The van der Waals surface area contributed by atoms with Gasteiger partial charge in [0.15, 0.2) is 0 Å². The second kappa shape index (κ2) is 6.68. The number of benzene rings is 1. The summed E-state index contributed by atoms with van der Waals surface area (Å²) in [5, 5.41) is 19.9. The second-order valence-electron chi connectivity index (χ2n) is 3.98. The van der Waals surface area contributed by atoms with Crippen LogP contribution in [0.3, 0.4) is 0 Å². The second-order valence-corrected chi connectivity index (χ2v) is 4.39. The molecule has 7 heteroatoms. The highest BCUT2D eigenvalue weighted by atomic mass is 35.5. The highest BCUT2D eigenvalue weighted by Gasteiger charge is 2.22. The Kier molecular flexibility index (Phi) is 5.50. The smallest absolute Gasteiger partial charge is 0.208 e. The first-order valence-electron chi connectivity index (χ1n) is 5.81. The molecule has 0 bridgehead atoms. The topological polar surface area (TPSA) is 72.6 Å². The zero-order valence-corrected chi connectivity index (χ0v) is 11.4. The van der Waals surface area contributed by atoms with Gasteiger partial charge in [-0.2, -0.15) is 0 Å². The highest BCUT2D eigenvalue weighted by Crippen LogP contribution is 2.35. The number of ether oxygens (including phenoxy) is 1. The molecule has 1 aromatic carbocycles. The lowest BCUT2D eigenvalue weighted by Gasteiger charge is -2.17. The molecule has 19 heavy (non-hydrogen) atoms. The first-order chi connectivity index (χ1) is 8.88. The fourth-order valence-electron chi connectivity index (χ4n) is 1.73. The van der Waals surface area contributed by atoms with Crippen molar-refractivity contribution >= 4 is 11.6 Å². The normalized spacial score (nSPS) is 12.3. The Hall–Kier alpha value is -1.40. The monoisotopic (exact) mass is 291 g/mol. The Morgan fingerprint density at radius 1 is 1.63 bits per heavy atom. The van der Waals surface area contributed by atoms with Crippen molar-refractivity contribution in [1.82, 2.24) is 0 Å². The summed E-state index contributed by atoms with van der Waals surface area (Å²) in [6.07, 6.45) is -1.05. The zero-order chi connectivity index (χ0) is 14.6. The summed E-state index contributed by atoms with van der Waals surface area (Å²) in [6.45, 7) is 3.02. The van der Waals surface area contributed by atoms with Gasteiger partial charge in [-0.1, -0.05) is 11.6 Å². The average Bonchev–Trinajstić information content (AvgIpc) is 2.32. The number of aliphatic hydroxyl groups is 1. The maximum atomic E-state index is 14.0. The number of aliphatic hydroxyl groups excluding tert-OH is 1. The van der Waals surface area contributed by atoms with Gasteiger partial charge in [0.2, 0.25) is 6.54 Å². The lowest BCUT2D eigenvalue weighted by molar-refractivity contribution is -0.479. The SMILES string of the molecule is CCOc1c(C(C)O)cc(Cl)c(F)c1CC[N+](=O)[O-]. The Morgan fingerprint density at radius 2 is 2.26 bits per heavy atom. The Labute approximate surface area is 115 Å². The van der Waals surface area contributed by atoms with Crippen LogP contribution in [0, 0.1) is 15.9 Å². The van der Waals surface area contributed by atoms with Gasteiger partial charge in [0, 0.05) is 22.5 Å². The molecule has 0 aliphatic heterocycles. The van der Waals surface area contributed by atoms with Crippen molar-refractivity contribution in [2.24, 2.45) is 0 Å². The van der Waals surface area contributed by atoms with Gasteiger partial charge < -0.3 is 9.84 Å². The van der Waals surface area contributed by atoms with Gasteiger partial charge in [0.05, 0.1) is 17.7 Å². The first kappa shape index (κ1) is 15.7. The van der Waals surface area contributed by atoms with Crippen molar-refractivity contribution in [1.29, 1.82) is 0 Å². The zero-order valence-electron chi connectivity index (χ0n) is 10.7. The molecule has 106 valence electrons. The summed E-state index contributed by atoms with van der Waals surface area (Å²) in [5.41, 5.74) is 0.355. The molecule has 0 heterocycles. The summed E-state index contributed by atoms with van der Waals surface area (Å²) in [6, 6.07) is 1.28. The summed E-state index contributed by atoms with van der Waals surface area (Å²) in [7, 11) is 0. The minimum absolute atomic E-state index is 0.0296. The third kappa shape index (κ3) is 3.78. The summed E-state index contributed by atoms with van der Waals surface area (Å²) < 4.78 is 19.3. The van der Waals surface area contributed by atoms with E-state index in [4.69, 9.17) is 16.3 Å². The standard InChI is InChI=1S/C12H15ClFNO4/c1-3-19-12-8(4-5-15(17)18)11(14)10(13)6-9(12)7(2)16/h6-7,16H,3-5H2,1-2H3. The van der Waals surface area contributed by atoms with E-state index >= 15 is 0 Å². The molecule has 0 fully saturated rings. The van der Waals surface area contributed by atoms with Crippen LogP contribution < -0.4 is 4.74 Å². The van der Waals surface area contributed by atoms with Crippen LogP contribution in [-0.2, 0) is 6.42 Å². The van der Waals surface area contributed by atoms with Crippen molar-refractivity contribution in [3.8, 4) is 5.75 Å². The fourth-order valence-corrected chi connectivity index (χ4v) is 1.97. The van der Waals surface area contributed by atoms with Crippen LogP contribution in [0.2, 0.25) is 5.02 Å². The van der Waals surface area contributed by atoms with Gasteiger partial charge in [-0.15, -0.1) is 0 Å². The molecule has 1 unspecified atom stereocenters. The van der Waals surface area contributed by atoms with E-state index in [9.17, 15) is 19.6 Å². The minimum Gasteiger partial charge on any atom is -0.493 e. The molecule has 0 saturated carbocycles. The first-order valence-corrected chi connectivity index (χ1v) is 6.19. The summed E-state index contributed by atoms with van der Waals surface area (Å²) >= 11 is 5.74. The van der Waals surface area contributed by atoms with Gasteiger partial charge in [-0.3, -0.25) is 10.1 Å². The maximum absolute atomic E-state index is 14.0. The van der Waals surface area contributed by atoms with E-state index in [2.05, 4.69) is 0 Å². The largest absolute Gasteiger partial charge is 0.493 e. The Balaban J connectivity index is 3.32. The third-order valence-electron chi connectivity index (χ3n) is 2.58. The molecule has 1 rings (SSSR count). The molecule has 0 saturated heterocycles. The van der Waals surface area contributed by atoms with E-state index in [1.54, 1.807) is 6.92 Å². The lowest BCUT2D eigenvalue weighted by atomic mass is 10.0. The van der Waals surface area contributed by atoms with Crippen LogP contribution in [-0.4, -0.2) is 23.2 Å². The van der Waals surface area contributed by atoms with Crippen molar-refractivity contribution in [2.75, 3.05) is 13.2 Å². The van der Waals surface area contributed by atoms with Gasteiger partial charge in [-0.25, -0.2) is 4.39 Å². The molecule has 0 spiro atoms. The van der Waals surface area contributed by atoms with Crippen LogP contribution in [0.15, 0.2) is 6.07 Å². The molecule has 0 aliphatic carbocycles. The van der Waals surface area contributed by atoms with Crippen molar-refractivity contribution in [2.45, 2.75) is 26.4 Å². The van der Waals surface area contributed by atoms with Gasteiger partial charge in [0.25, 0.3) is 0 Å². The molecule has 0 aromatic heterocycles. The molecule has 1 N–H and O–H groups in total. The van der Waals surface area contributed by atoms with Gasteiger partial charge >= 0.3 is 0 Å². The van der Waals surface area contributed by atoms with E-state index < -0.39 is 23.4 Å². The van der Waals surface area contributed by atoms with Crippen LogP contribution >= 0.6 is 11.6 Å². The molecule has 0 aliphatic rings. The number of nitro groups is 1. The van der Waals surface area contributed by atoms with Crippen LogP contribution in [0.5, 0.6) is 5.75 Å². The van der Waals surface area contributed by atoms with E-state index in [1.165, 1.54) is 13.0 Å². The summed E-state index contributed by atoms with van der Waals surface area (Å²) in [5.74, 6) is -0.599. The predicted molar refractivity (Wildman–Crippen MR) is 68.8 cm³/mol. The predicted octanol–water partition coefficient (Wildman–Crippen LogP) is 2.75. The number of nitrogens with zero attached hydrogens (tertiary/aromatic N) is 1. The quantitative estimate of drug-likeness (QED) is 0.646. The van der Waals surface area contributed by atoms with Crippen LogP contribution in [0.25, 0.3) is 0 Å². The third-order valence-corrected chi connectivity index (χ3v) is 2.85. The van der Waals surface area contributed by atoms with Crippen molar-refractivity contribution in [3.63, 3.8) is 0 Å². The van der Waals surface area contributed by atoms with E-state index in [0.29, 0.717) is 5.56 Å². The minimum atomic E-state index is -0.908. The Bertz CT molecular complexity index is 479. The maximum Gasteiger partial charge on any atom is 0.208 e. The number of hydrogen-bond acceptors (Lipinski definition) is 4. The van der Waals surface area contributed by atoms with Crippen LogP contribution in [0.4, 0.5) is 4.39 Å². The van der Waals surface area contributed by atoms with E-state index in [-0.39, 0.29) is 29.4 Å². The summed E-state index contributed by atoms with van der Waals surface area (Å²) in [4.78, 5) is 9.87. The molecular weight excluding hydrogens is 277 g/mol. The number of rotatable bonds is 6. The molecular formula is C12H15ClFNO4. The average molecular weight is 292 g/mol. The van der Waals surface area contributed by atoms with E-state index in [0.717, 1.165) is 0 Å². The molecule has 0 amide bonds. The fraction of sp³-hybridized carbons (Fsp3) is 0.500. The highest BCUT2D eigenvalue weighted by molar-refractivity contribution is 6.31. The van der Waals surface area contributed by atoms with E-state index in [1.807, 2.05) is 0 Å². The molecule has 0 radical (unpaired) electrons.